The summed E-state index contributed by atoms with van der Waals surface area (Å²) in [5.41, 5.74) is -0.128. The van der Waals surface area contributed by atoms with Crippen molar-refractivity contribution in [2.75, 3.05) is 6.54 Å². The van der Waals surface area contributed by atoms with Crippen molar-refractivity contribution in [3.63, 3.8) is 0 Å². The number of carbonyl (C=O) groups excluding carboxylic acids is 2. The van der Waals surface area contributed by atoms with Crippen molar-refractivity contribution < 1.29 is 27.2 Å². The Balaban J connectivity index is 1.60. The number of alkyl halides is 3. The minimum atomic E-state index is -4.39. The van der Waals surface area contributed by atoms with Gasteiger partial charge in [-0.15, -0.1) is 0 Å². The summed E-state index contributed by atoms with van der Waals surface area (Å²) in [6, 6.07) is 7.83. The zero-order chi connectivity index (χ0) is 19.6. The first-order valence-electron chi connectivity index (χ1n) is 8.23. The van der Waals surface area contributed by atoms with Gasteiger partial charge in [-0.25, -0.2) is 0 Å². The maximum atomic E-state index is 12.7. The van der Waals surface area contributed by atoms with Gasteiger partial charge in [-0.3, -0.25) is 9.59 Å². The first-order chi connectivity index (χ1) is 12.7. The Hall–Kier alpha value is -2.29. The average molecular weight is 445 g/mol. The van der Waals surface area contributed by atoms with Crippen molar-refractivity contribution in [2.24, 2.45) is 0 Å². The normalized spacial score (nSPS) is 14.1. The zero-order valence-electron chi connectivity index (χ0n) is 14.1. The predicted octanol–water partition coefficient (Wildman–Crippen LogP) is 3.98. The predicted molar refractivity (Wildman–Crippen MR) is 93.8 cm³/mol. The van der Waals surface area contributed by atoms with Crippen molar-refractivity contribution in [3.8, 4) is 0 Å². The molecule has 1 aliphatic rings. The van der Waals surface area contributed by atoms with E-state index < -0.39 is 17.6 Å². The van der Waals surface area contributed by atoms with Crippen molar-refractivity contribution in [1.29, 1.82) is 0 Å². The minimum absolute atomic E-state index is 0.0504. The number of hydrogen-bond donors (Lipinski definition) is 1. The second-order valence-corrected chi connectivity index (χ2v) is 7.02. The number of rotatable bonds is 6. The summed E-state index contributed by atoms with van der Waals surface area (Å²) in [6.07, 6.45) is -2.72. The van der Waals surface area contributed by atoms with Gasteiger partial charge < -0.3 is 14.6 Å². The van der Waals surface area contributed by atoms with Gasteiger partial charge in [0.05, 0.1) is 12.1 Å². The van der Waals surface area contributed by atoms with Crippen LogP contribution in [0.1, 0.15) is 34.5 Å². The molecule has 1 saturated carbocycles. The summed E-state index contributed by atoms with van der Waals surface area (Å²) in [5, 5.41) is 2.50. The fourth-order valence-electron chi connectivity index (χ4n) is 2.58. The third kappa shape index (κ3) is 5.12. The Morgan fingerprint density at radius 2 is 1.81 bits per heavy atom. The van der Waals surface area contributed by atoms with Gasteiger partial charge in [0.25, 0.3) is 5.91 Å². The monoisotopic (exact) mass is 444 g/mol. The molecule has 0 radical (unpaired) electrons. The van der Waals surface area contributed by atoms with E-state index in [0.29, 0.717) is 10.2 Å². The molecular formula is C18H16BrF3N2O3. The maximum Gasteiger partial charge on any atom is 0.416 e. The van der Waals surface area contributed by atoms with Gasteiger partial charge in [0, 0.05) is 12.6 Å². The van der Waals surface area contributed by atoms with Crippen LogP contribution in [-0.4, -0.2) is 29.3 Å². The van der Waals surface area contributed by atoms with E-state index in [0.717, 1.165) is 25.0 Å². The van der Waals surface area contributed by atoms with E-state index in [1.807, 2.05) is 0 Å². The molecule has 0 atom stereocenters. The lowest BCUT2D eigenvalue weighted by atomic mass is 10.1. The van der Waals surface area contributed by atoms with Crippen LogP contribution in [0.25, 0.3) is 0 Å². The molecule has 1 aromatic heterocycles. The smallest absolute Gasteiger partial charge is 0.416 e. The molecule has 27 heavy (non-hydrogen) atoms. The number of carbonyl (C=O) groups is 2. The minimum Gasteiger partial charge on any atom is -0.444 e. The summed E-state index contributed by atoms with van der Waals surface area (Å²) in [4.78, 5) is 26.0. The highest BCUT2D eigenvalue weighted by molar-refractivity contribution is 9.10. The highest BCUT2D eigenvalue weighted by Gasteiger charge is 2.33. The van der Waals surface area contributed by atoms with Gasteiger partial charge >= 0.3 is 6.18 Å². The number of hydrogen-bond acceptors (Lipinski definition) is 3. The molecule has 1 aliphatic carbocycles. The highest BCUT2D eigenvalue weighted by atomic mass is 79.9. The number of nitrogens with zero attached hydrogens (tertiary/aromatic N) is 1. The van der Waals surface area contributed by atoms with Crippen LogP contribution in [0.5, 0.6) is 0 Å². The summed E-state index contributed by atoms with van der Waals surface area (Å²) < 4.78 is 43.5. The summed E-state index contributed by atoms with van der Waals surface area (Å²) in [7, 11) is 0. The van der Waals surface area contributed by atoms with E-state index in [4.69, 9.17) is 4.42 Å². The fourth-order valence-corrected chi connectivity index (χ4v) is 2.89. The van der Waals surface area contributed by atoms with Crippen LogP contribution in [0.2, 0.25) is 0 Å². The van der Waals surface area contributed by atoms with E-state index in [9.17, 15) is 22.8 Å². The van der Waals surface area contributed by atoms with Gasteiger partial charge in [0.1, 0.15) is 0 Å². The molecule has 5 nitrogen and oxygen atoms in total. The number of amides is 2. The highest BCUT2D eigenvalue weighted by Crippen LogP contribution is 2.31. The lowest BCUT2D eigenvalue weighted by molar-refractivity contribution is -0.137. The summed E-state index contributed by atoms with van der Waals surface area (Å²) in [5.74, 6) is -0.730. The SMILES string of the molecule is O=C(NCC(=O)N(Cc1ccc(C(F)(F)F)cc1)C1CC1)c1ccc(Br)o1. The topological polar surface area (TPSA) is 62.6 Å². The van der Waals surface area contributed by atoms with Crippen molar-refractivity contribution in [1.82, 2.24) is 10.2 Å². The zero-order valence-corrected chi connectivity index (χ0v) is 15.6. The molecule has 2 amide bonds. The third-order valence-corrected chi connectivity index (χ3v) is 4.57. The van der Waals surface area contributed by atoms with E-state index in [1.165, 1.54) is 18.2 Å². The Bertz CT molecular complexity index is 829. The van der Waals surface area contributed by atoms with E-state index in [2.05, 4.69) is 21.2 Å². The molecule has 144 valence electrons. The van der Waals surface area contributed by atoms with Crippen LogP contribution in [0.4, 0.5) is 13.2 Å². The second kappa shape index (κ2) is 7.75. The third-order valence-electron chi connectivity index (χ3n) is 4.14. The van der Waals surface area contributed by atoms with E-state index in [1.54, 1.807) is 11.0 Å². The summed E-state index contributed by atoms with van der Waals surface area (Å²) in [6.45, 7) is -0.0158. The number of benzene rings is 1. The van der Waals surface area contributed by atoms with Crippen molar-refractivity contribution in [2.45, 2.75) is 31.6 Å². The first-order valence-corrected chi connectivity index (χ1v) is 9.02. The van der Waals surface area contributed by atoms with Gasteiger partial charge in [0.15, 0.2) is 10.4 Å². The lowest BCUT2D eigenvalue weighted by Gasteiger charge is -2.23. The van der Waals surface area contributed by atoms with Crippen LogP contribution in [0.3, 0.4) is 0 Å². The molecule has 0 bridgehead atoms. The first kappa shape index (κ1) is 19.5. The van der Waals surface area contributed by atoms with Crippen LogP contribution >= 0.6 is 15.9 Å². The maximum absolute atomic E-state index is 12.7. The molecule has 1 aromatic carbocycles. The van der Waals surface area contributed by atoms with Gasteiger partial charge in [-0.2, -0.15) is 13.2 Å². The van der Waals surface area contributed by atoms with Crippen LogP contribution in [0, 0.1) is 0 Å². The van der Waals surface area contributed by atoms with Crippen LogP contribution in [-0.2, 0) is 17.5 Å². The van der Waals surface area contributed by atoms with Gasteiger partial charge in [0.2, 0.25) is 5.91 Å². The van der Waals surface area contributed by atoms with Crippen molar-refractivity contribution in [3.05, 3.63) is 58.0 Å². The molecular weight excluding hydrogens is 429 g/mol. The van der Waals surface area contributed by atoms with E-state index in [-0.39, 0.29) is 30.8 Å². The van der Waals surface area contributed by atoms with Crippen molar-refractivity contribution >= 4 is 27.7 Å². The van der Waals surface area contributed by atoms with Gasteiger partial charge in [-0.1, -0.05) is 12.1 Å². The van der Waals surface area contributed by atoms with E-state index >= 15 is 0 Å². The van der Waals surface area contributed by atoms with Gasteiger partial charge in [-0.05, 0) is 58.6 Å². The molecule has 9 heteroatoms. The Kier molecular flexibility index (Phi) is 5.59. The Labute approximate surface area is 161 Å². The standard InChI is InChI=1S/C18H16BrF3N2O3/c19-15-8-7-14(27-15)17(26)23-9-16(25)24(13-5-6-13)10-11-1-3-12(4-2-11)18(20,21)22/h1-4,7-8,13H,5-6,9-10H2,(H,23,26). The molecule has 1 N–H and O–H groups in total. The molecule has 0 spiro atoms. The molecule has 2 aromatic rings. The summed E-state index contributed by atoms with van der Waals surface area (Å²) >= 11 is 3.09. The largest absolute Gasteiger partial charge is 0.444 e. The van der Waals surface area contributed by atoms with Crippen LogP contribution in [0.15, 0.2) is 45.5 Å². The molecule has 0 aliphatic heterocycles. The molecule has 0 unspecified atom stereocenters. The number of halogens is 4. The quantitative estimate of drug-likeness (QED) is 0.732. The molecule has 0 saturated heterocycles. The lowest BCUT2D eigenvalue weighted by Crippen LogP contribution is -2.41. The number of nitrogens with one attached hydrogen (secondary N) is 1. The number of furan rings is 1. The fraction of sp³-hybridized carbons (Fsp3) is 0.333. The Morgan fingerprint density at radius 3 is 2.33 bits per heavy atom. The second-order valence-electron chi connectivity index (χ2n) is 6.23. The average Bonchev–Trinajstić information content (AvgIpc) is 3.37. The molecule has 3 rings (SSSR count). The molecule has 1 heterocycles. The molecule has 1 fully saturated rings. The Morgan fingerprint density at radius 1 is 1.15 bits per heavy atom. The van der Waals surface area contributed by atoms with Crippen LogP contribution < -0.4 is 5.32 Å².